The lowest BCUT2D eigenvalue weighted by Crippen LogP contribution is -2.45. The van der Waals surface area contributed by atoms with Crippen molar-refractivity contribution < 1.29 is 14.3 Å². The van der Waals surface area contributed by atoms with Crippen molar-refractivity contribution in [2.45, 2.75) is 25.9 Å². The van der Waals surface area contributed by atoms with Gasteiger partial charge >= 0.3 is 6.09 Å². The van der Waals surface area contributed by atoms with Gasteiger partial charge in [-0.3, -0.25) is 4.79 Å². The standard InChI is InChI=1S/C34H35N5O3/c35-29-14-12-27(26-10-5-2-6-11-26)20-30(29)37-32(40)28-13-15-31(36-21-28)38-18-7-16-34(23-38)17-19-39(24-34)33(41)42-22-25-8-3-1-4-9-25/h1-6,8-15,20-21H,7,16-19,22-24,35H2,(H,37,40). The van der Waals surface area contributed by atoms with E-state index < -0.39 is 0 Å². The maximum atomic E-state index is 13.1. The van der Waals surface area contributed by atoms with E-state index in [-0.39, 0.29) is 24.0 Å². The SMILES string of the molecule is Nc1ccc(-c2ccccc2)cc1NC(=O)c1ccc(N2CCCC3(CCN(C(=O)OCc4ccccc4)C3)C2)nc1. The van der Waals surface area contributed by atoms with Crippen LogP contribution in [0.1, 0.15) is 35.2 Å². The molecule has 0 saturated carbocycles. The second kappa shape index (κ2) is 11.9. The topological polar surface area (TPSA) is 101 Å². The van der Waals surface area contributed by atoms with Gasteiger partial charge in [-0.05, 0) is 60.2 Å². The van der Waals surface area contributed by atoms with E-state index in [0.717, 1.165) is 54.9 Å². The van der Waals surface area contributed by atoms with Gasteiger partial charge in [0.1, 0.15) is 12.4 Å². The Balaban J connectivity index is 1.07. The number of nitrogens with two attached hydrogens (primary N) is 1. The molecule has 2 aliphatic heterocycles. The number of carbonyl (C=O) groups is 2. The van der Waals surface area contributed by atoms with Crippen LogP contribution in [-0.2, 0) is 11.3 Å². The van der Waals surface area contributed by atoms with Crippen LogP contribution in [0, 0.1) is 5.41 Å². The van der Waals surface area contributed by atoms with Gasteiger partial charge in [-0.1, -0.05) is 66.7 Å². The first-order valence-electron chi connectivity index (χ1n) is 14.4. The van der Waals surface area contributed by atoms with Crippen molar-refractivity contribution in [1.29, 1.82) is 0 Å². The van der Waals surface area contributed by atoms with Crippen LogP contribution in [0.3, 0.4) is 0 Å². The van der Waals surface area contributed by atoms with E-state index in [1.54, 1.807) is 18.3 Å². The zero-order valence-electron chi connectivity index (χ0n) is 23.5. The molecule has 2 fully saturated rings. The number of amides is 2. The Morgan fingerprint density at radius 3 is 2.43 bits per heavy atom. The van der Waals surface area contributed by atoms with Gasteiger partial charge in [0.2, 0.25) is 0 Å². The fraction of sp³-hybridized carbons (Fsp3) is 0.265. The number of nitrogens with zero attached hydrogens (tertiary/aromatic N) is 3. The predicted molar refractivity (Wildman–Crippen MR) is 165 cm³/mol. The molecule has 1 atom stereocenters. The number of piperidine rings is 1. The number of nitrogen functional groups attached to an aromatic ring is 1. The first-order chi connectivity index (χ1) is 20.5. The summed E-state index contributed by atoms with van der Waals surface area (Å²) in [7, 11) is 0. The number of anilines is 3. The van der Waals surface area contributed by atoms with E-state index in [2.05, 4.69) is 15.2 Å². The molecule has 8 heteroatoms. The van der Waals surface area contributed by atoms with Crippen molar-refractivity contribution in [3.05, 3.63) is 108 Å². The number of carbonyl (C=O) groups excluding carboxylic acids is 2. The van der Waals surface area contributed by atoms with Crippen LogP contribution in [0.4, 0.5) is 22.0 Å². The summed E-state index contributed by atoms with van der Waals surface area (Å²) in [5, 5.41) is 2.94. The van der Waals surface area contributed by atoms with Crippen molar-refractivity contribution in [3.8, 4) is 11.1 Å². The molecule has 1 spiro atoms. The molecule has 3 aromatic carbocycles. The molecular formula is C34H35N5O3. The molecular weight excluding hydrogens is 526 g/mol. The first kappa shape index (κ1) is 27.3. The summed E-state index contributed by atoms with van der Waals surface area (Å²) < 4.78 is 5.59. The fourth-order valence-corrected chi connectivity index (χ4v) is 6.01. The summed E-state index contributed by atoms with van der Waals surface area (Å²) in [6, 6.07) is 29.1. The van der Waals surface area contributed by atoms with Crippen LogP contribution in [-0.4, -0.2) is 48.1 Å². The van der Waals surface area contributed by atoms with E-state index in [9.17, 15) is 9.59 Å². The van der Waals surface area contributed by atoms with E-state index in [4.69, 9.17) is 10.5 Å². The third kappa shape index (κ3) is 6.07. The third-order valence-electron chi connectivity index (χ3n) is 8.31. The lowest BCUT2D eigenvalue weighted by molar-refractivity contribution is 0.0981. The smallest absolute Gasteiger partial charge is 0.410 e. The van der Waals surface area contributed by atoms with Gasteiger partial charge in [0.05, 0.1) is 16.9 Å². The molecule has 3 heterocycles. The number of hydrogen-bond donors (Lipinski definition) is 2. The van der Waals surface area contributed by atoms with Crippen molar-refractivity contribution in [2.75, 3.05) is 42.1 Å². The molecule has 1 aromatic heterocycles. The summed E-state index contributed by atoms with van der Waals surface area (Å²) in [4.78, 5) is 34.6. The number of aromatic nitrogens is 1. The second-order valence-electron chi connectivity index (χ2n) is 11.3. The summed E-state index contributed by atoms with van der Waals surface area (Å²) in [6.07, 6.45) is 4.39. The average molecular weight is 562 g/mol. The highest BCUT2D eigenvalue weighted by Gasteiger charge is 2.43. The Morgan fingerprint density at radius 2 is 1.67 bits per heavy atom. The predicted octanol–water partition coefficient (Wildman–Crippen LogP) is 6.21. The van der Waals surface area contributed by atoms with E-state index >= 15 is 0 Å². The minimum Gasteiger partial charge on any atom is -0.445 e. The molecule has 1 unspecified atom stereocenters. The van der Waals surface area contributed by atoms with Gasteiger partial charge in [-0.25, -0.2) is 9.78 Å². The van der Waals surface area contributed by atoms with Gasteiger partial charge in [0, 0.05) is 37.8 Å². The highest BCUT2D eigenvalue weighted by molar-refractivity contribution is 6.06. The zero-order chi connectivity index (χ0) is 28.9. The van der Waals surface area contributed by atoms with E-state index in [0.29, 0.717) is 30.0 Å². The average Bonchev–Trinajstić information content (AvgIpc) is 3.44. The first-order valence-corrected chi connectivity index (χ1v) is 14.4. The molecule has 8 nitrogen and oxygen atoms in total. The minimum absolute atomic E-state index is 0.0169. The molecule has 6 rings (SSSR count). The monoisotopic (exact) mass is 561 g/mol. The van der Waals surface area contributed by atoms with Crippen LogP contribution >= 0.6 is 0 Å². The second-order valence-corrected chi connectivity index (χ2v) is 11.3. The fourth-order valence-electron chi connectivity index (χ4n) is 6.01. The molecule has 0 bridgehead atoms. The van der Waals surface area contributed by atoms with Crippen LogP contribution in [0.25, 0.3) is 11.1 Å². The zero-order valence-corrected chi connectivity index (χ0v) is 23.5. The molecule has 2 amide bonds. The number of likely N-dealkylation sites (tertiary alicyclic amines) is 1. The van der Waals surface area contributed by atoms with Crippen LogP contribution in [0.2, 0.25) is 0 Å². The van der Waals surface area contributed by atoms with E-state index in [1.165, 1.54) is 0 Å². The Kier molecular flexibility index (Phi) is 7.77. The van der Waals surface area contributed by atoms with Gasteiger partial charge in [-0.15, -0.1) is 0 Å². The summed E-state index contributed by atoms with van der Waals surface area (Å²) in [5.74, 6) is 0.572. The van der Waals surface area contributed by atoms with Gasteiger partial charge in [0.25, 0.3) is 5.91 Å². The largest absolute Gasteiger partial charge is 0.445 e. The quantitative estimate of drug-likeness (QED) is 0.272. The number of nitrogens with one attached hydrogen (secondary N) is 1. The molecule has 2 aliphatic rings. The lowest BCUT2D eigenvalue weighted by atomic mass is 9.79. The number of ether oxygens (including phenoxy) is 1. The number of benzene rings is 3. The molecule has 214 valence electrons. The van der Waals surface area contributed by atoms with Gasteiger partial charge in [0.15, 0.2) is 0 Å². The molecule has 3 N–H and O–H groups in total. The van der Waals surface area contributed by atoms with Crippen molar-refractivity contribution in [2.24, 2.45) is 5.41 Å². The number of rotatable bonds is 6. The lowest BCUT2D eigenvalue weighted by Gasteiger charge is -2.40. The van der Waals surface area contributed by atoms with Gasteiger partial charge < -0.3 is 25.6 Å². The molecule has 42 heavy (non-hydrogen) atoms. The highest BCUT2D eigenvalue weighted by Crippen LogP contribution is 2.40. The summed E-state index contributed by atoms with van der Waals surface area (Å²) in [5.41, 5.74) is 10.7. The van der Waals surface area contributed by atoms with Gasteiger partial charge in [-0.2, -0.15) is 0 Å². The Bertz CT molecular complexity index is 1540. The minimum atomic E-state index is -0.262. The Morgan fingerprint density at radius 1 is 0.881 bits per heavy atom. The van der Waals surface area contributed by atoms with Crippen LogP contribution < -0.4 is 16.0 Å². The highest BCUT2D eigenvalue weighted by atomic mass is 16.6. The van der Waals surface area contributed by atoms with Crippen LogP contribution in [0.15, 0.2) is 97.2 Å². The normalized spacial score (nSPS) is 18.2. The van der Waals surface area contributed by atoms with Crippen molar-refractivity contribution in [3.63, 3.8) is 0 Å². The maximum absolute atomic E-state index is 13.1. The molecule has 0 radical (unpaired) electrons. The number of pyridine rings is 1. The number of hydrogen-bond acceptors (Lipinski definition) is 6. The van der Waals surface area contributed by atoms with Crippen molar-refractivity contribution >= 4 is 29.2 Å². The Hall–Kier alpha value is -4.85. The molecule has 2 saturated heterocycles. The summed E-state index contributed by atoms with van der Waals surface area (Å²) in [6.45, 7) is 3.37. The molecule has 4 aromatic rings. The summed E-state index contributed by atoms with van der Waals surface area (Å²) >= 11 is 0. The molecule has 0 aliphatic carbocycles. The Labute approximate surface area is 246 Å². The maximum Gasteiger partial charge on any atom is 0.410 e. The van der Waals surface area contributed by atoms with Crippen LogP contribution in [0.5, 0.6) is 0 Å². The third-order valence-corrected chi connectivity index (χ3v) is 8.31. The van der Waals surface area contributed by atoms with E-state index in [1.807, 2.05) is 83.8 Å². The van der Waals surface area contributed by atoms with Crippen molar-refractivity contribution in [1.82, 2.24) is 9.88 Å².